The van der Waals surface area contributed by atoms with Crippen molar-refractivity contribution in [2.75, 3.05) is 19.6 Å². The van der Waals surface area contributed by atoms with E-state index in [1.165, 1.54) is 4.90 Å². The predicted octanol–water partition coefficient (Wildman–Crippen LogP) is 2.00. The fraction of sp³-hybridized carbons (Fsp3) is 1.00. The van der Waals surface area contributed by atoms with Crippen molar-refractivity contribution in [1.29, 1.82) is 0 Å². The third-order valence-electron chi connectivity index (χ3n) is 3.17. The molecule has 0 amide bonds. The summed E-state index contributed by atoms with van der Waals surface area (Å²) < 4.78 is 37.8. The zero-order chi connectivity index (χ0) is 11.5. The molecule has 0 aliphatic carbocycles. The number of likely N-dealkylation sites (tertiary alicyclic amines) is 1. The van der Waals surface area contributed by atoms with Gasteiger partial charge in [-0.15, -0.1) is 0 Å². The summed E-state index contributed by atoms with van der Waals surface area (Å²) in [7, 11) is 0. The molecule has 0 aromatic rings. The highest BCUT2D eigenvalue weighted by atomic mass is 19.4. The van der Waals surface area contributed by atoms with Gasteiger partial charge in [0.05, 0.1) is 0 Å². The number of hydrogen-bond donors (Lipinski definition) is 1. The topological polar surface area (TPSA) is 29.3 Å². The van der Waals surface area contributed by atoms with Crippen LogP contribution in [0.25, 0.3) is 0 Å². The first-order valence-corrected chi connectivity index (χ1v) is 5.49. The maximum Gasteiger partial charge on any atom is 0.405 e. The molecule has 0 aromatic heterocycles. The van der Waals surface area contributed by atoms with Crippen molar-refractivity contribution in [1.82, 2.24) is 4.90 Å². The molecule has 1 saturated heterocycles. The molecule has 2 nitrogen and oxygen atoms in total. The first kappa shape index (κ1) is 12.8. The molecular weight excluding hydrogens is 205 g/mol. The van der Waals surface area contributed by atoms with E-state index in [9.17, 15) is 13.2 Å². The first-order valence-electron chi connectivity index (χ1n) is 5.49. The molecule has 0 spiro atoms. The SMILES string of the molecule is CCC1CCCN(C(CN)C(F)(F)F)C1. The Morgan fingerprint density at radius 2 is 2.13 bits per heavy atom. The molecule has 5 heteroatoms. The summed E-state index contributed by atoms with van der Waals surface area (Å²) in [6.07, 6.45) is -1.34. The Kier molecular flexibility index (Phi) is 4.40. The molecule has 0 bridgehead atoms. The van der Waals surface area contributed by atoms with E-state index < -0.39 is 12.2 Å². The van der Waals surface area contributed by atoms with Gasteiger partial charge < -0.3 is 5.73 Å². The average molecular weight is 224 g/mol. The van der Waals surface area contributed by atoms with Gasteiger partial charge >= 0.3 is 6.18 Å². The molecule has 0 saturated carbocycles. The molecular formula is C10H19F3N2. The van der Waals surface area contributed by atoms with E-state index in [1.54, 1.807) is 0 Å². The number of nitrogens with two attached hydrogens (primary N) is 1. The van der Waals surface area contributed by atoms with Crippen LogP contribution in [0.2, 0.25) is 0 Å². The van der Waals surface area contributed by atoms with Gasteiger partial charge in [-0.3, -0.25) is 4.90 Å². The number of hydrogen-bond acceptors (Lipinski definition) is 2. The monoisotopic (exact) mass is 224 g/mol. The van der Waals surface area contributed by atoms with Gasteiger partial charge in [-0.25, -0.2) is 0 Å². The minimum atomic E-state index is -4.19. The van der Waals surface area contributed by atoms with Crippen LogP contribution in [0.1, 0.15) is 26.2 Å². The normalized spacial score (nSPS) is 26.6. The molecule has 1 fully saturated rings. The lowest BCUT2D eigenvalue weighted by Gasteiger charge is -2.38. The highest BCUT2D eigenvalue weighted by Crippen LogP contribution is 2.28. The van der Waals surface area contributed by atoms with Gasteiger partial charge in [0, 0.05) is 13.1 Å². The maximum atomic E-state index is 12.6. The van der Waals surface area contributed by atoms with Crippen molar-refractivity contribution >= 4 is 0 Å². The Bertz CT molecular complexity index is 194. The van der Waals surface area contributed by atoms with Crippen LogP contribution in [-0.2, 0) is 0 Å². The Balaban J connectivity index is 2.60. The number of rotatable bonds is 3. The van der Waals surface area contributed by atoms with E-state index >= 15 is 0 Å². The Morgan fingerprint density at radius 3 is 2.60 bits per heavy atom. The van der Waals surface area contributed by atoms with Crippen LogP contribution >= 0.6 is 0 Å². The molecule has 1 heterocycles. The smallest absolute Gasteiger partial charge is 0.329 e. The van der Waals surface area contributed by atoms with Crippen molar-refractivity contribution in [2.45, 2.75) is 38.4 Å². The fourth-order valence-electron chi connectivity index (χ4n) is 2.20. The van der Waals surface area contributed by atoms with Gasteiger partial charge in [0.15, 0.2) is 0 Å². The molecule has 0 aromatic carbocycles. The first-order chi connectivity index (χ1) is 6.99. The van der Waals surface area contributed by atoms with Gasteiger partial charge in [0.1, 0.15) is 6.04 Å². The molecule has 0 radical (unpaired) electrons. The molecule has 90 valence electrons. The van der Waals surface area contributed by atoms with Crippen LogP contribution in [-0.4, -0.2) is 36.8 Å². The quantitative estimate of drug-likeness (QED) is 0.794. The lowest BCUT2D eigenvalue weighted by molar-refractivity contribution is -0.185. The number of piperidine rings is 1. The molecule has 1 aliphatic heterocycles. The maximum absolute atomic E-state index is 12.6. The molecule has 2 unspecified atom stereocenters. The van der Waals surface area contributed by atoms with Crippen molar-refractivity contribution in [2.24, 2.45) is 11.7 Å². The average Bonchev–Trinajstić information content (AvgIpc) is 2.17. The predicted molar refractivity (Wildman–Crippen MR) is 53.5 cm³/mol. The summed E-state index contributed by atoms with van der Waals surface area (Å²) >= 11 is 0. The van der Waals surface area contributed by atoms with Crippen LogP contribution in [0.3, 0.4) is 0 Å². The largest absolute Gasteiger partial charge is 0.405 e. The lowest BCUT2D eigenvalue weighted by Crippen LogP contribution is -2.53. The highest BCUT2D eigenvalue weighted by molar-refractivity contribution is 4.84. The van der Waals surface area contributed by atoms with Crippen LogP contribution in [0, 0.1) is 5.92 Å². The van der Waals surface area contributed by atoms with Crippen LogP contribution in [0.15, 0.2) is 0 Å². The van der Waals surface area contributed by atoms with Crippen molar-refractivity contribution in [3.8, 4) is 0 Å². The van der Waals surface area contributed by atoms with Crippen LogP contribution < -0.4 is 5.73 Å². The van der Waals surface area contributed by atoms with E-state index in [0.717, 1.165) is 19.3 Å². The number of alkyl halides is 3. The van der Waals surface area contributed by atoms with Crippen molar-refractivity contribution in [3.63, 3.8) is 0 Å². The van der Waals surface area contributed by atoms with Gasteiger partial charge in [-0.2, -0.15) is 13.2 Å². The zero-order valence-electron chi connectivity index (χ0n) is 9.06. The minimum absolute atomic E-state index is 0.333. The van der Waals surface area contributed by atoms with Gasteiger partial charge in [0.2, 0.25) is 0 Å². The summed E-state index contributed by atoms with van der Waals surface area (Å²) in [5.74, 6) is 0.398. The van der Waals surface area contributed by atoms with Gasteiger partial charge in [0.25, 0.3) is 0 Å². The molecule has 15 heavy (non-hydrogen) atoms. The van der Waals surface area contributed by atoms with E-state index in [1.807, 2.05) is 6.92 Å². The highest BCUT2D eigenvalue weighted by Gasteiger charge is 2.43. The second-order valence-electron chi connectivity index (χ2n) is 4.20. The minimum Gasteiger partial charge on any atom is -0.329 e. The fourth-order valence-corrected chi connectivity index (χ4v) is 2.20. The summed E-state index contributed by atoms with van der Waals surface area (Å²) in [4.78, 5) is 1.50. The number of nitrogens with zero attached hydrogens (tertiary/aromatic N) is 1. The van der Waals surface area contributed by atoms with Gasteiger partial charge in [-0.1, -0.05) is 13.3 Å². The van der Waals surface area contributed by atoms with Crippen molar-refractivity contribution < 1.29 is 13.2 Å². The second-order valence-corrected chi connectivity index (χ2v) is 4.20. The van der Waals surface area contributed by atoms with E-state index in [2.05, 4.69) is 0 Å². The Morgan fingerprint density at radius 1 is 1.47 bits per heavy atom. The molecule has 1 aliphatic rings. The van der Waals surface area contributed by atoms with Crippen molar-refractivity contribution in [3.05, 3.63) is 0 Å². The van der Waals surface area contributed by atoms with Crippen LogP contribution in [0.4, 0.5) is 13.2 Å². The number of halogens is 3. The summed E-state index contributed by atoms with van der Waals surface area (Å²) in [5.41, 5.74) is 5.21. The molecule has 1 rings (SSSR count). The summed E-state index contributed by atoms with van der Waals surface area (Å²) in [6.45, 7) is 2.76. The van der Waals surface area contributed by atoms with Crippen LogP contribution in [0.5, 0.6) is 0 Å². The summed E-state index contributed by atoms with van der Waals surface area (Å²) in [6, 6.07) is -1.45. The summed E-state index contributed by atoms with van der Waals surface area (Å²) in [5, 5.41) is 0. The Labute approximate surface area is 88.6 Å². The van der Waals surface area contributed by atoms with E-state index in [4.69, 9.17) is 5.73 Å². The van der Waals surface area contributed by atoms with E-state index in [-0.39, 0.29) is 6.54 Å². The molecule has 2 N–H and O–H groups in total. The second kappa shape index (κ2) is 5.16. The molecule has 2 atom stereocenters. The lowest BCUT2D eigenvalue weighted by atomic mass is 9.94. The third kappa shape index (κ3) is 3.34. The van der Waals surface area contributed by atoms with Gasteiger partial charge in [-0.05, 0) is 25.3 Å². The van der Waals surface area contributed by atoms with E-state index in [0.29, 0.717) is 19.0 Å². The standard InChI is InChI=1S/C10H19F3N2/c1-2-8-4-3-5-15(7-8)9(6-14)10(11,12)13/h8-9H,2-7,14H2,1H3. The third-order valence-corrected chi connectivity index (χ3v) is 3.17. The Hall–Kier alpha value is -0.290. The zero-order valence-corrected chi connectivity index (χ0v) is 9.06.